The minimum Gasteiger partial charge on any atom is -0.221 e. The standard InChI is InChI=1S/C9H4BrCl2NO2S/c10-7-5-3-1-2-4-6(5)9(13-8(7)11)16(12,14)15/h1-4H. The minimum atomic E-state index is -3.91. The molecule has 0 atom stereocenters. The number of hydrogen-bond donors (Lipinski definition) is 0. The molecule has 0 radical (unpaired) electrons. The number of rotatable bonds is 1. The molecule has 3 nitrogen and oxygen atoms in total. The average molecular weight is 341 g/mol. The van der Waals surface area contributed by atoms with Crippen molar-refractivity contribution in [3.05, 3.63) is 33.9 Å². The number of fused-ring (bicyclic) bond motifs is 1. The van der Waals surface area contributed by atoms with Crippen LogP contribution in [0.2, 0.25) is 5.15 Å². The van der Waals surface area contributed by atoms with E-state index in [9.17, 15) is 8.42 Å². The topological polar surface area (TPSA) is 47.0 Å². The smallest absolute Gasteiger partial charge is 0.221 e. The lowest BCUT2D eigenvalue weighted by molar-refractivity contribution is 0.607. The molecule has 84 valence electrons. The highest BCUT2D eigenvalue weighted by atomic mass is 79.9. The summed E-state index contributed by atoms with van der Waals surface area (Å²) in [7, 11) is 1.38. The van der Waals surface area contributed by atoms with E-state index in [1.807, 2.05) is 0 Å². The largest absolute Gasteiger partial charge is 0.279 e. The van der Waals surface area contributed by atoms with Gasteiger partial charge in [0.2, 0.25) is 0 Å². The first-order chi connectivity index (χ1) is 7.41. The van der Waals surface area contributed by atoms with Gasteiger partial charge in [-0.2, -0.15) is 0 Å². The van der Waals surface area contributed by atoms with Crippen molar-refractivity contribution in [2.45, 2.75) is 5.03 Å². The van der Waals surface area contributed by atoms with Crippen LogP contribution < -0.4 is 0 Å². The lowest BCUT2D eigenvalue weighted by Crippen LogP contribution is -1.97. The monoisotopic (exact) mass is 339 g/mol. The molecule has 0 N–H and O–H groups in total. The summed E-state index contributed by atoms with van der Waals surface area (Å²) in [6.07, 6.45) is 0. The number of aromatic nitrogens is 1. The van der Waals surface area contributed by atoms with Crippen molar-refractivity contribution in [1.82, 2.24) is 4.98 Å². The third kappa shape index (κ3) is 2.05. The molecule has 0 aliphatic carbocycles. The fourth-order valence-electron chi connectivity index (χ4n) is 1.36. The molecule has 0 spiro atoms. The Hall–Kier alpha value is -0.360. The minimum absolute atomic E-state index is 0.0675. The molecule has 1 heterocycles. The van der Waals surface area contributed by atoms with E-state index in [1.165, 1.54) is 0 Å². The van der Waals surface area contributed by atoms with Crippen molar-refractivity contribution in [2.24, 2.45) is 0 Å². The van der Waals surface area contributed by atoms with E-state index in [0.717, 1.165) is 0 Å². The quantitative estimate of drug-likeness (QED) is 0.588. The highest BCUT2D eigenvalue weighted by molar-refractivity contribution is 9.10. The molecular weight excluding hydrogens is 337 g/mol. The summed E-state index contributed by atoms with van der Waals surface area (Å²) in [5.41, 5.74) is 0. The molecule has 0 bridgehead atoms. The molecule has 1 aromatic carbocycles. The van der Waals surface area contributed by atoms with Crippen LogP contribution in [0.5, 0.6) is 0 Å². The van der Waals surface area contributed by atoms with Gasteiger partial charge in [-0.05, 0) is 15.9 Å². The number of hydrogen-bond acceptors (Lipinski definition) is 3. The highest BCUT2D eigenvalue weighted by Gasteiger charge is 2.19. The van der Waals surface area contributed by atoms with E-state index in [1.54, 1.807) is 24.3 Å². The van der Waals surface area contributed by atoms with E-state index in [0.29, 0.717) is 15.2 Å². The lowest BCUT2D eigenvalue weighted by atomic mass is 10.2. The predicted molar refractivity (Wildman–Crippen MR) is 67.5 cm³/mol. The molecule has 0 saturated carbocycles. The summed E-state index contributed by atoms with van der Waals surface area (Å²) in [6.45, 7) is 0. The first-order valence-corrected chi connectivity index (χ1v) is 7.57. The summed E-state index contributed by atoms with van der Waals surface area (Å²) in [4.78, 5) is 3.77. The number of pyridine rings is 1. The molecule has 16 heavy (non-hydrogen) atoms. The fraction of sp³-hybridized carbons (Fsp3) is 0. The Kier molecular flexibility index (Phi) is 3.13. The van der Waals surface area contributed by atoms with Crippen LogP contribution in [0.15, 0.2) is 33.8 Å². The number of halogens is 3. The van der Waals surface area contributed by atoms with Gasteiger partial charge in [-0.15, -0.1) is 0 Å². The van der Waals surface area contributed by atoms with Gasteiger partial charge in [0.25, 0.3) is 9.05 Å². The highest BCUT2D eigenvalue weighted by Crippen LogP contribution is 2.34. The van der Waals surface area contributed by atoms with Crippen LogP contribution in [0, 0.1) is 0 Å². The second kappa shape index (κ2) is 4.14. The maximum atomic E-state index is 11.3. The average Bonchev–Trinajstić information content (AvgIpc) is 2.22. The zero-order chi connectivity index (χ0) is 11.9. The van der Waals surface area contributed by atoms with Crippen LogP contribution in [-0.4, -0.2) is 13.4 Å². The normalized spacial score (nSPS) is 11.9. The summed E-state index contributed by atoms with van der Waals surface area (Å²) in [6, 6.07) is 6.83. The van der Waals surface area contributed by atoms with E-state index < -0.39 is 9.05 Å². The molecule has 0 unspecified atom stereocenters. The van der Waals surface area contributed by atoms with Crippen molar-refractivity contribution < 1.29 is 8.42 Å². The zero-order valence-electron chi connectivity index (χ0n) is 7.62. The maximum absolute atomic E-state index is 11.3. The van der Waals surface area contributed by atoms with E-state index in [2.05, 4.69) is 20.9 Å². The Balaban J connectivity index is 3.02. The van der Waals surface area contributed by atoms with Gasteiger partial charge in [0.05, 0.1) is 4.47 Å². The van der Waals surface area contributed by atoms with Crippen LogP contribution in [0.1, 0.15) is 0 Å². The molecule has 2 rings (SSSR count). The van der Waals surface area contributed by atoms with Crippen molar-refractivity contribution >= 4 is 58.0 Å². The molecule has 0 amide bonds. The zero-order valence-corrected chi connectivity index (χ0v) is 11.5. The van der Waals surface area contributed by atoms with Gasteiger partial charge in [-0.1, -0.05) is 35.9 Å². The number of nitrogens with zero attached hydrogens (tertiary/aromatic N) is 1. The Morgan fingerprint density at radius 1 is 1.19 bits per heavy atom. The van der Waals surface area contributed by atoms with Gasteiger partial charge < -0.3 is 0 Å². The Labute approximate surface area is 110 Å². The lowest BCUT2D eigenvalue weighted by Gasteiger charge is -2.06. The Bertz CT molecular complexity index is 673. The van der Waals surface area contributed by atoms with Gasteiger partial charge in [0, 0.05) is 21.5 Å². The van der Waals surface area contributed by atoms with E-state index in [4.69, 9.17) is 22.3 Å². The van der Waals surface area contributed by atoms with Crippen molar-refractivity contribution in [2.75, 3.05) is 0 Å². The maximum Gasteiger partial charge on any atom is 0.279 e. The second-order valence-corrected chi connectivity index (χ2v) is 6.64. The summed E-state index contributed by atoms with van der Waals surface area (Å²) < 4.78 is 23.2. The van der Waals surface area contributed by atoms with Gasteiger partial charge in [0.15, 0.2) is 5.03 Å². The van der Waals surface area contributed by atoms with E-state index in [-0.39, 0.29) is 10.2 Å². The number of benzene rings is 1. The first-order valence-electron chi connectivity index (χ1n) is 4.09. The van der Waals surface area contributed by atoms with Crippen LogP contribution in [0.25, 0.3) is 10.8 Å². The molecule has 0 fully saturated rings. The van der Waals surface area contributed by atoms with E-state index >= 15 is 0 Å². The van der Waals surface area contributed by atoms with Crippen molar-refractivity contribution in [1.29, 1.82) is 0 Å². The SMILES string of the molecule is O=S(=O)(Cl)c1nc(Cl)c(Br)c2ccccc12. The first kappa shape index (κ1) is 12.1. The summed E-state index contributed by atoms with van der Waals surface area (Å²) in [5, 5.41) is 0.936. The van der Waals surface area contributed by atoms with Crippen LogP contribution in [-0.2, 0) is 9.05 Å². The van der Waals surface area contributed by atoms with Crippen LogP contribution in [0.3, 0.4) is 0 Å². The van der Waals surface area contributed by atoms with Gasteiger partial charge >= 0.3 is 0 Å². The predicted octanol–water partition coefficient (Wildman–Crippen LogP) is 3.58. The summed E-state index contributed by atoms with van der Waals surface area (Å²) >= 11 is 9.07. The molecule has 2 aromatic rings. The van der Waals surface area contributed by atoms with Crippen molar-refractivity contribution in [3.63, 3.8) is 0 Å². The molecule has 0 aliphatic heterocycles. The van der Waals surface area contributed by atoms with Crippen molar-refractivity contribution in [3.8, 4) is 0 Å². The third-order valence-corrected chi connectivity index (χ3v) is 4.52. The van der Waals surface area contributed by atoms with Crippen LogP contribution in [0.4, 0.5) is 0 Å². The third-order valence-electron chi connectivity index (χ3n) is 2.01. The van der Waals surface area contributed by atoms with Gasteiger partial charge in [-0.3, -0.25) is 0 Å². The Morgan fingerprint density at radius 2 is 1.75 bits per heavy atom. The summed E-state index contributed by atoms with van der Waals surface area (Å²) in [5.74, 6) is 0. The van der Waals surface area contributed by atoms with Crippen LogP contribution >= 0.6 is 38.2 Å². The molecule has 7 heteroatoms. The molecule has 0 saturated heterocycles. The Morgan fingerprint density at radius 3 is 2.31 bits per heavy atom. The fourth-order valence-corrected chi connectivity index (χ4v) is 3.02. The van der Waals surface area contributed by atoms with Gasteiger partial charge in [0.1, 0.15) is 5.15 Å². The molecular formula is C9H4BrCl2NO2S. The molecule has 0 aliphatic rings. The second-order valence-electron chi connectivity index (χ2n) is 3.01. The molecule has 1 aromatic heterocycles. The van der Waals surface area contributed by atoms with Gasteiger partial charge in [-0.25, -0.2) is 13.4 Å².